The van der Waals surface area contributed by atoms with Crippen LogP contribution in [0.25, 0.3) is 0 Å². The van der Waals surface area contributed by atoms with E-state index in [4.69, 9.17) is 19.4 Å². The second-order valence-electron chi connectivity index (χ2n) is 8.86. The third-order valence-corrected chi connectivity index (χ3v) is 5.72. The van der Waals surface area contributed by atoms with E-state index >= 15 is 0 Å². The molecule has 0 saturated carbocycles. The second kappa shape index (κ2) is 13.3. The van der Waals surface area contributed by atoms with E-state index in [0.29, 0.717) is 32.3 Å². The van der Waals surface area contributed by atoms with E-state index in [1.165, 1.54) is 25.6 Å². The second-order valence-corrected chi connectivity index (χ2v) is 8.86. The third kappa shape index (κ3) is 10.1. The van der Waals surface area contributed by atoms with E-state index in [1.54, 1.807) is 6.08 Å². The van der Waals surface area contributed by atoms with E-state index < -0.39 is 5.60 Å². The highest BCUT2D eigenvalue weighted by Gasteiger charge is 2.39. The van der Waals surface area contributed by atoms with Crippen LogP contribution in [0.1, 0.15) is 80.1 Å². The quantitative estimate of drug-likeness (QED) is 0.170. The predicted molar refractivity (Wildman–Crippen MR) is 120 cm³/mol. The number of carbonyl (C=O) groups is 2. The number of hydrogen-bond donors (Lipinski definition) is 1. The number of oxime groups is 1. The minimum atomic E-state index is -0.617. The van der Waals surface area contributed by atoms with Gasteiger partial charge in [0.05, 0.1) is 12.8 Å². The minimum Gasteiger partial charge on any atom is -0.462 e. The number of esters is 2. The fourth-order valence-corrected chi connectivity index (χ4v) is 3.85. The Labute approximate surface area is 186 Å². The molecule has 7 heteroatoms. The lowest BCUT2D eigenvalue weighted by molar-refractivity contribution is -0.168. The van der Waals surface area contributed by atoms with Gasteiger partial charge in [-0.05, 0) is 64.0 Å². The molecule has 1 rings (SSSR count). The first kappa shape index (κ1) is 26.9. The molecule has 1 aliphatic rings. The van der Waals surface area contributed by atoms with Crippen molar-refractivity contribution in [1.29, 1.82) is 0 Å². The smallest absolute Gasteiger partial charge is 0.303 e. The summed E-state index contributed by atoms with van der Waals surface area (Å²) in [5, 5.41) is 11.7. The van der Waals surface area contributed by atoms with Gasteiger partial charge in [0, 0.05) is 20.3 Å². The summed E-state index contributed by atoms with van der Waals surface area (Å²) in [5.41, 5.74) is 1.57. The molecular weight excluding hydrogens is 398 g/mol. The van der Waals surface area contributed by atoms with Crippen LogP contribution in [0.15, 0.2) is 28.5 Å². The maximum Gasteiger partial charge on any atom is 0.303 e. The van der Waals surface area contributed by atoms with Gasteiger partial charge in [-0.2, -0.15) is 0 Å². The number of rotatable bonds is 10. The molecular formula is C24H39NO6. The van der Waals surface area contributed by atoms with Gasteiger partial charge in [0.25, 0.3) is 0 Å². The fraction of sp³-hybridized carbons (Fsp3) is 0.708. The standard InChI is InChI=1S/C24H39NO6/c1-17(2)9-11-22(30-19(4)26)18(3)8-7-14-24(6)23(31-20(5)27)12-10-21(16-29-24)13-15-25-28/h9,13,15,18,22-23,28H,7-8,10-12,14,16H2,1-6H3/b21-13+,25-15+/t18?,22?,23-,24+/m1/s1. The monoisotopic (exact) mass is 437 g/mol. The number of allylic oxidation sites excluding steroid dienone is 2. The number of nitrogens with zero attached hydrogens (tertiary/aromatic N) is 1. The number of carbonyl (C=O) groups excluding carboxylic acids is 2. The van der Waals surface area contributed by atoms with Crippen molar-refractivity contribution in [3.8, 4) is 0 Å². The Bertz CT molecular complexity index is 680. The highest BCUT2D eigenvalue weighted by Crippen LogP contribution is 2.34. The Hall–Kier alpha value is -2.15. The van der Waals surface area contributed by atoms with E-state index in [9.17, 15) is 9.59 Å². The van der Waals surface area contributed by atoms with E-state index in [1.807, 2.05) is 20.8 Å². The molecule has 176 valence electrons. The molecule has 1 saturated heterocycles. The van der Waals surface area contributed by atoms with Crippen LogP contribution in [0, 0.1) is 5.92 Å². The zero-order valence-electron chi connectivity index (χ0n) is 19.8. The van der Waals surface area contributed by atoms with Crippen molar-refractivity contribution in [3.05, 3.63) is 23.3 Å². The maximum atomic E-state index is 11.7. The van der Waals surface area contributed by atoms with Gasteiger partial charge in [0.15, 0.2) is 0 Å². The Kier molecular flexibility index (Phi) is 11.5. The van der Waals surface area contributed by atoms with Crippen LogP contribution < -0.4 is 0 Å². The van der Waals surface area contributed by atoms with Crippen molar-refractivity contribution in [2.24, 2.45) is 11.1 Å². The molecule has 0 aromatic heterocycles. The average Bonchev–Trinajstić information content (AvgIpc) is 2.82. The molecule has 0 aromatic carbocycles. The maximum absolute atomic E-state index is 11.7. The number of ether oxygens (including phenoxy) is 3. The molecule has 1 fully saturated rings. The Morgan fingerprint density at radius 1 is 1.29 bits per heavy atom. The topological polar surface area (TPSA) is 94.4 Å². The molecule has 0 bridgehead atoms. The van der Waals surface area contributed by atoms with Crippen LogP contribution >= 0.6 is 0 Å². The summed E-state index contributed by atoms with van der Waals surface area (Å²) in [6, 6.07) is 0. The normalized spacial score (nSPS) is 25.0. The van der Waals surface area contributed by atoms with Crippen LogP contribution in [0.5, 0.6) is 0 Å². The first-order valence-corrected chi connectivity index (χ1v) is 11.0. The summed E-state index contributed by atoms with van der Waals surface area (Å²) in [4.78, 5) is 23.2. The first-order chi connectivity index (χ1) is 14.6. The summed E-state index contributed by atoms with van der Waals surface area (Å²) in [6.45, 7) is 11.4. The minimum absolute atomic E-state index is 0.160. The Balaban J connectivity index is 2.81. The van der Waals surface area contributed by atoms with Crippen molar-refractivity contribution in [2.75, 3.05) is 6.61 Å². The fourth-order valence-electron chi connectivity index (χ4n) is 3.85. The van der Waals surface area contributed by atoms with Gasteiger partial charge < -0.3 is 19.4 Å². The summed E-state index contributed by atoms with van der Waals surface area (Å²) in [6.07, 6.45) is 9.11. The van der Waals surface area contributed by atoms with E-state index in [0.717, 1.165) is 18.4 Å². The van der Waals surface area contributed by atoms with Gasteiger partial charge in [0.2, 0.25) is 0 Å². The van der Waals surface area contributed by atoms with E-state index in [-0.39, 0.29) is 30.1 Å². The summed E-state index contributed by atoms with van der Waals surface area (Å²) >= 11 is 0. The molecule has 1 heterocycles. The summed E-state index contributed by atoms with van der Waals surface area (Å²) in [5.74, 6) is -0.398. The van der Waals surface area contributed by atoms with Crippen molar-refractivity contribution in [3.63, 3.8) is 0 Å². The van der Waals surface area contributed by atoms with Gasteiger partial charge in [-0.25, -0.2) is 0 Å². The van der Waals surface area contributed by atoms with Crippen LogP contribution in [0.2, 0.25) is 0 Å². The molecule has 0 aliphatic carbocycles. The molecule has 0 radical (unpaired) electrons. The highest BCUT2D eigenvalue weighted by molar-refractivity contribution is 5.71. The van der Waals surface area contributed by atoms with Crippen molar-refractivity contribution in [1.82, 2.24) is 0 Å². The lowest BCUT2D eigenvalue weighted by Gasteiger charge is -2.35. The molecule has 31 heavy (non-hydrogen) atoms. The van der Waals surface area contributed by atoms with Gasteiger partial charge >= 0.3 is 11.9 Å². The molecule has 4 atom stereocenters. The number of hydrogen-bond acceptors (Lipinski definition) is 7. The lowest BCUT2D eigenvalue weighted by atomic mass is 9.86. The molecule has 0 spiro atoms. The van der Waals surface area contributed by atoms with Gasteiger partial charge in [-0.15, -0.1) is 0 Å². The predicted octanol–water partition coefficient (Wildman–Crippen LogP) is 4.97. The van der Waals surface area contributed by atoms with Crippen molar-refractivity contribution < 1.29 is 29.0 Å². The lowest BCUT2D eigenvalue weighted by Crippen LogP contribution is -2.43. The zero-order chi connectivity index (χ0) is 23.4. The SMILES string of the molecule is CC(=O)OC(CC=C(C)C)C(C)CCC[C@]1(C)OC/C(=C/C=N/O)CC[C@H]1OC(C)=O. The molecule has 0 aromatic rings. The molecule has 2 unspecified atom stereocenters. The van der Waals surface area contributed by atoms with Crippen LogP contribution in [0.4, 0.5) is 0 Å². The van der Waals surface area contributed by atoms with Crippen LogP contribution in [-0.2, 0) is 23.8 Å². The van der Waals surface area contributed by atoms with E-state index in [2.05, 4.69) is 18.2 Å². The van der Waals surface area contributed by atoms with Crippen molar-refractivity contribution >= 4 is 18.2 Å². The largest absolute Gasteiger partial charge is 0.462 e. The van der Waals surface area contributed by atoms with Gasteiger partial charge in [0.1, 0.15) is 17.8 Å². The Morgan fingerprint density at radius 3 is 2.58 bits per heavy atom. The Morgan fingerprint density at radius 2 is 2.00 bits per heavy atom. The first-order valence-electron chi connectivity index (χ1n) is 11.0. The summed E-state index contributed by atoms with van der Waals surface area (Å²) in [7, 11) is 0. The third-order valence-electron chi connectivity index (χ3n) is 5.72. The molecule has 7 nitrogen and oxygen atoms in total. The molecule has 1 N–H and O–H groups in total. The van der Waals surface area contributed by atoms with Gasteiger partial charge in [-0.3, -0.25) is 9.59 Å². The molecule has 1 aliphatic heterocycles. The average molecular weight is 438 g/mol. The zero-order valence-corrected chi connectivity index (χ0v) is 19.8. The van der Waals surface area contributed by atoms with Crippen molar-refractivity contribution in [2.45, 2.75) is 97.9 Å². The van der Waals surface area contributed by atoms with Gasteiger partial charge in [-0.1, -0.05) is 30.1 Å². The highest BCUT2D eigenvalue weighted by atomic mass is 16.6. The van der Waals surface area contributed by atoms with Crippen LogP contribution in [0.3, 0.4) is 0 Å². The summed E-state index contributed by atoms with van der Waals surface area (Å²) < 4.78 is 17.4. The molecule has 0 amide bonds. The van der Waals surface area contributed by atoms with Crippen LogP contribution in [-0.4, -0.2) is 47.8 Å².